The summed E-state index contributed by atoms with van der Waals surface area (Å²) in [7, 11) is -3.56. The molecular formula is C15H22BrNO3S. The Labute approximate surface area is 135 Å². The molecule has 118 valence electrons. The molecule has 0 unspecified atom stereocenters. The van der Waals surface area contributed by atoms with Crippen molar-refractivity contribution in [3.63, 3.8) is 0 Å². The number of aliphatic hydroxyl groups excluding tert-OH is 1. The van der Waals surface area contributed by atoms with Gasteiger partial charge in [0.15, 0.2) is 0 Å². The molecule has 4 nitrogen and oxygen atoms in total. The van der Waals surface area contributed by atoms with Crippen molar-refractivity contribution in [1.29, 1.82) is 0 Å². The largest absolute Gasteiger partial charge is 0.392 e. The Kier molecular flexibility index (Phi) is 5.13. The molecule has 0 saturated heterocycles. The Morgan fingerprint density at radius 2 is 1.95 bits per heavy atom. The van der Waals surface area contributed by atoms with Crippen molar-refractivity contribution in [2.45, 2.75) is 51.0 Å². The summed E-state index contributed by atoms with van der Waals surface area (Å²) in [4.78, 5) is 0.238. The van der Waals surface area contributed by atoms with Gasteiger partial charge in [0.05, 0.1) is 11.5 Å². The maximum Gasteiger partial charge on any atom is 0.240 e. The lowest BCUT2D eigenvalue weighted by Crippen LogP contribution is -2.34. The normalized spacial score (nSPS) is 18.1. The van der Waals surface area contributed by atoms with Crippen LogP contribution in [0.5, 0.6) is 0 Å². The third-order valence-corrected chi connectivity index (χ3v) is 6.68. The predicted octanol–water partition coefficient (Wildman–Crippen LogP) is 3.11. The zero-order valence-corrected chi connectivity index (χ0v) is 14.8. The molecule has 0 radical (unpaired) electrons. The molecule has 1 aromatic carbocycles. The second-order valence-electron chi connectivity index (χ2n) is 6.20. The van der Waals surface area contributed by atoms with E-state index >= 15 is 0 Å². The van der Waals surface area contributed by atoms with Gasteiger partial charge in [-0.05, 0) is 48.4 Å². The Bertz CT molecular complexity index is 622. The van der Waals surface area contributed by atoms with E-state index in [1.165, 1.54) is 12.8 Å². The second kappa shape index (κ2) is 6.36. The Morgan fingerprint density at radius 1 is 1.33 bits per heavy atom. The van der Waals surface area contributed by atoms with E-state index < -0.39 is 10.0 Å². The van der Waals surface area contributed by atoms with Gasteiger partial charge in [-0.1, -0.05) is 35.7 Å². The summed E-state index contributed by atoms with van der Waals surface area (Å²) in [6.45, 7) is 4.18. The minimum absolute atomic E-state index is 0.0623. The van der Waals surface area contributed by atoms with Crippen LogP contribution < -0.4 is 4.72 Å². The molecule has 1 aliphatic carbocycles. The van der Waals surface area contributed by atoms with Crippen molar-refractivity contribution in [3.8, 4) is 0 Å². The fourth-order valence-electron chi connectivity index (χ4n) is 2.83. The molecule has 0 atom stereocenters. The van der Waals surface area contributed by atoms with Gasteiger partial charge in [-0.2, -0.15) is 0 Å². The maximum absolute atomic E-state index is 12.6. The third kappa shape index (κ3) is 3.86. The molecule has 1 fully saturated rings. The number of hydrogen-bond donors (Lipinski definition) is 2. The first-order valence-corrected chi connectivity index (χ1v) is 9.45. The van der Waals surface area contributed by atoms with E-state index in [-0.39, 0.29) is 16.9 Å². The van der Waals surface area contributed by atoms with Crippen molar-refractivity contribution in [3.05, 3.63) is 27.7 Å². The fourth-order valence-corrected chi connectivity index (χ4v) is 4.98. The quantitative estimate of drug-likeness (QED) is 0.830. The molecule has 1 saturated carbocycles. The first-order chi connectivity index (χ1) is 9.77. The SMILES string of the molecule is Cc1c(Br)cc(CO)cc1S(=O)(=O)NCC1(C)CCCC1. The minimum atomic E-state index is -3.56. The van der Waals surface area contributed by atoms with Crippen molar-refractivity contribution < 1.29 is 13.5 Å². The van der Waals surface area contributed by atoms with Crippen LogP contribution in [0.25, 0.3) is 0 Å². The zero-order valence-electron chi connectivity index (χ0n) is 12.4. The standard InChI is InChI=1S/C15H22BrNO3S/c1-11-13(16)7-12(9-18)8-14(11)21(19,20)17-10-15(2)5-3-4-6-15/h7-8,17-18H,3-6,9-10H2,1-2H3. The van der Waals surface area contributed by atoms with Gasteiger partial charge in [-0.15, -0.1) is 0 Å². The summed E-state index contributed by atoms with van der Waals surface area (Å²) in [5.74, 6) is 0. The second-order valence-corrected chi connectivity index (χ2v) is 8.79. The highest BCUT2D eigenvalue weighted by Gasteiger charge is 2.30. The number of halogens is 1. The van der Waals surface area contributed by atoms with E-state index in [4.69, 9.17) is 0 Å². The van der Waals surface area contributed by atoms with Gasteiger partial charge in [0.2, 0.25) is 10.0 Å². The van der Waals surface area contributed by atoms with Crippen molar-refractivity contribution in [1.82, 2.24) is 4.72 Å². The van der Waals surface area contributed by atoms with Crippen molar-refractivity contribution in [2.24, 2.45) is 5.41 Å². The van der Waals surface area contributed by atoms with Crippen LogP contribution in [0.15, 0.2) is 21.5 Å². The van der Waals surface area contributed by atoms with Gasteiger partial charge in [0.25, 0.3) is 0 Å². The molecule has 2 rings (SSSR count). The van der Waals surface area contributed by atoms with Crippen LogP contribution >= 0.6 is 15.9 Å². The lowest BCUT2D eigenvalue weighted by atomic mass is 9.89. The molecule has 21 heavy (non-hydrogen) atoms. The van der Waals surface area contributed by atoms with Crippen molar-refractivity contribution in [2.75, 3.05) is 6.54 Å². The summed E-state index contributed by atoms with van der Waals surface area (Å²) < 4.78 is 28.6. The number of hydrogen-bond acceptors (Lipinski definition) is 3. The predicted molar refractivity (Wildman–Crippen MR) is 86.6 cm³/mol. The van der Waals surface area contributed by atoms with Crippen LogP contribution in [0.2, 0.25) is 0 Å². The smallest absolute Gasteiger partial charge is 0.240 e. The number of nitrogens with one attached hydrogen (secondary N) is 1. The van der Waals surface area contributed by atoms with Gasteiger partial charge in [-0.25, -0.2) is 13.1 Å². The Balaban J connectivity index is 2.25. The highest BCUT2D eigenvalue weighted by Crippen LogP contribution is 2.37. The van der Waals surface area contributed by atoms with E-state index in [0.717, 1.165) is 12.8 Å². The highest BCUT2D eigenvalue weighted by atomic mass is 79.9. The lowest BCUT2D eigenvalue weighted by molar-refractivity contribution is 0.281. The highest BCUT2D eigenvalue weighted by molar-refractivity contribution is 9.10. The van der Waals surface area contributed by atoms with Crippen LogP contribution in [-0.2, 0) is 16.6 Å². The van der Waals surface area contributed by atoms with Crippen LogP contribution in [0.4, 0.5) is 0 Å². The minimum Gasteiger partial charge on any atom is -0.392 e. The number of aliphatic hydroxyl groups is 1. The Hall–Kier alpha value is -0.430. The lowest BCUT2D eigenvalue weighted by Gasteiger charge is -2.24. The first kappa shape index (κ1) is 16.9. The van der Waals surface area contributed by atoms with E-state index in [1.807, 2.05) is 0 Å². The monoisotopic (exact) mass is 375 g/mol. The molecule has 2 N–H and O–H groups in total. The zero-order chi connectivity index (χ0) is 15.7. The summed E-state index contributed by atoms with van der Waals surface area (Å²) in [6.07, 6.45) is 4.47. The Morgan fingerprint density at radius 3 is 2.52 bits per heavy atom. The molecule has 0 bridgehead atoms. The van der Waals surface area contributed by atoms with Crippen LogP contribution in [-0.4, -0.2) is 20.1 Å². The topological polar surface area (TPSA) is 66.4 Å². The summed E-state index contributed by atoms with van der Waals surface area (Å²) in [5, 5.41) is 9.25. The van der Waals surface area contributed by atoms with Gasteiger partial charge >= 0.3 is 0 Å². The van der Waals surface area contributed by atoms with E-state index in [0.29, 0.717) is 22.1 Å². The van der Waals surface area contributed by atoms with Gasteiger partial charge < -0.3 is 5.11 Å². The maximum atomic E-state index is 12.6. The van der Waals surface area contributed by atoms with Crippen LogP contribution in [0.3, 0.4) is 0 Å². The average molecular weight is 376 g/mol. The third-order valence-electron chi connectivity index (χ3n) is 4.33. The molecule has 1 aromatic rings. The molecule has 0 heterocycles. The number of benzene rings is 1. The molecule has 0 amide bonds. The molecule has 1 aliphatic rings. The number of rotatable bonds is 5. The first-order valence-electron chi connectivity index (χ1n) is 7.17. The van der Waals surface area contributed by atoms with Crippen LogP contribution in [0.1, 0.15) is 43.7 Å². The molecule has 0 aromatic heterocycles. The van der Waals surface area contributed by atoms with E-state index in [2.05, 4.69) is 27.6 Å². The molecular weight excluding hydrogens is 354 g/mol. The summed E-state index contributed by atoms with van der Waals surface area (Å²) >= 11 is 3.35. The van der Waals surface area contributed by atoms with Gasteiger partial charge in [0, 0.05) is 11.0 Å². The van der Waals surface area contributed by atoms with E-state index in [9.17, 15) is 13.5 Å². The van der Waals surface area contributed by atoms with Crippen LogP contribution in [0, 0.1) is 12.3 Å². The molecule has 0 spiro atoms. The van der Waals surface area contributed by atoms with Gasteiger partial charge in [-0.3, -0.25) is 0 Å². The molecule has 6 heteroatoms. The summed E-state index contributed by atoms with van der Waals surface area (Å²) in [5.41, 5.74) is 1.31. The average Bonchev–Trinajstić information content (AvgIpc) is 2.87. The summed E-state index contributed by atoms with van der Waals surface area (Å²) in [6, 6.07) is 3.28. The number of sulfonamides is 1. The fraction of sp³-hybridized carbons (Fsp3) is 0.600. The molecule has 0 aliphatic heterocycles. The van der Waals surface area contributed by atoms with E-state index in [1.54, 1.807) is 19.1 Å². The van der Waals surface area contributed by atoms with Gasteiger partial charge in [0.1, 0.15) is 0 Å². The van der Waals surface area contributed by atoms with Crippen molar-refractivity contribution >= 4 is 26.0 Å².